The molecule has 0 heterocycles. The summed E-state index contributed by atoms with van der Waals surface area (Å²) >= 11 is 0. The van der Waals surface area contributed by atoms with Crippen molar-refractivity contribution in [3.63, 3.8) is 0 Å². The zero-order valence-electron chi connectivity index (χ0n) is 15.7. The summed E-state index contributed by atoms with van der Waals surface area (Å²) in [5.41, 5.74) is 3.48. The molecule has 0 radical (unpaired) electrons. The van der Waals surface area contributed by atoms with Gasteiger partial charge in [-0.1, -0.05) is 29.8 Å². The standard InChI is InChI=1S/C21H26N2O3/c1-14-5-6-15(2)18(11-14)20(26)22-17-9-7-16(8-10-17)12-19(25)23-21(3,4)13-24/h5-11,24H,12-13H2,1-4H3,(H,22,26)(H,23,25). The minimum atomic E-state index is -0.642. The van der Waals surface area contributed by atoms with E-state index in [0.717, 1.165) is 16.7 Å². The SMILES string of the molecule is Cc1ccc(C)c(C(=O)Nc2ccc(CC(=O)NC(C)(C)CO)cc2)c1. The third-order valence-electron chi connectivity index (χ3n) is 4.09. The molecule has 0 atom stereocenters. The number of nitrogens with one attached hydrogen (secondary N) is 2. The summed E-state index contributed by atoms with van der Waals surface area (Å²) in [6, 6.07) is 13.0. The molecule has 0 spiro atoms. The predicted molar refractivity (Wildman–Crippen MR) is 103 cm³/mol. The van der Waals surface area contributed by atoms with Gasteiger partial charge in [0.05, 0.1) is 18.6 Å². The van der Waals surface area contributed by atoms with Gasteiger partial charge < -0.3 is 15.7 Å². The van der Waals surface area contributed by atoms with Crippen molar-refractivity contribution < 1.29 is 14.7 Å². The molecular weight excluding hydrogens is 328 g/mol. The van der Waals surface area contributed by atoms with E-state index in [0.29, 0.717) is 11.3 Å². The Labute approximate surface area is 154 Å². The number of rotatable bonds is 6. The van der Waals surface area contributed by atoms with E-state index >= 15 is 0 Å². The van der Waals surface area contributed by atoms with E-state index in [1.54, 1.807) is 26.0 Å². The average molecular weight is 354 g/mol. The second-order valence-corrected chi connectivity index (χ2v) is 7.24. The van der Waals surface area contributed by atoms with Crippen molar-refractivity contribution in [1.29, 1.82) is 0 Å². The van der Waals surface area contributed by atoms with Crippen LogP contribution in [0.15, 0.2) is 42.5 Å². The molecule has 0 aliphatic rings. The molecule has 0 aromatic heterocycles. The van der Waals surface area contributed by atoms with E-state index in [1.165, 1.54) is 0 Å². The monoisotopic (exact) mass is 354 g/mol. The van der Waals surface area contributed by atoms with E-state index in [4.69, 9.17) is 0 Å². The third-order valence-corrected chi connectivity index (χ3v) is 4.09. The highest BCUT2D eigenvalue weighted by Crippen LogP contribution is 2.15. The lowest BCUT2D eigenvalue weighted by molar-refractivity contribution is -0.122. The maximum Gasteiger partial charge on any atom is 0.255 e. The molecule has 0 saturated heterocycles. The molecule has 3 N–H and O–H groups in total. The quantitative estimate of drug-likeness (QED) is 0.746. The fourth-order valence-corrected chi connectivity index (χ4v) is 2.53. The number of carbonyl (C=O) groups excluding carboxylic acids is 2. The van der Waals surface area contributed by atoms with E-state index in [9.17, 15) is 14.7 Å². The highest BCUT2D eigenvalue weighted by molar-refractivity contribution is 6.05. The fraction of sp³-hybridized carbons (Fsp3) is 0.333. The minimum absolute atomic E-state index is 0.123. The Bertz CT molecular complexity index is 795. The zero-order chi connectivity index (χ0) is 19.3. The summed E-state index contributed by atoms with van der Waals surface area (Å²) in [6.07, 6.45) is 0.217. The Balaban J connectivity index is 2.00. The van der Waals surface area contributed by atoms with Crippen molar-refractivity contribution in [2.75, 3.05) is 11.9 Å². The second-order valence-electron chi connectivity index (χ2n) is 7.24. The number of aliphatic hydroxyl groups is 1. The molecule has 0 unspecified atom stereocenters. The van der Waals surface area contributed by atoms with Crippen LogP contribution in [0.3, 0.4) is 0 Å². The molecule has 0 bridgehead atoms. The second kappa shape index (κ2) is 8.15. The number of aryl methyl sites for hydroxylation is 2. The molecule has 5 nitrogen and oxygen atoms in total. The van der Waals surface area contributed by atoms with Crippen LogP contribution < -0.4 is 10.6 Å². The van der Waals surface area contributed by atoms with E-state index in [1.807, 2.05) is 44.2 Å². The molecule has 0 saturated carbocycles. The molecule has 2 amide bonds. The van der Waals surface area contributed by atoms with Gasteiger partial charge in [-0.2, -0.15) is 0 Å². The molecule has 138 valence electrons. The summed E-state index contributed by atoms with van der Waals surface area (Å²) in [6.45, 7) is 7.26. The van der Waals surface area contributed by atoms with Gasteiger partial charge in [-0.3, -0.25) is 9.59 Å². The van der Waals surface area contributed by atoms with Crippen LogP contribution in [0.5, 0.6) is 0 Å². The van der Waals surface area contributed by atoms with Crippen LogP contribution in [0.2, 0.25) is 0 Å². The molecule has 5 heteroatoms. The number of aliphatic hydroxyl groups excluding tert-OH is 1. The van der Waals surface area contributed by atoms with Gasteiger partial charge in [-0.15, -0.1) is 0 Å². The maximum absolute atomic E-state index is 12.4. The molecule has 0 fully saturated rings. The molecule has 2 rings (SSSR count). The number of anilines is 1. The zero-order valence-corrected chi connectivity index (χ0v) is 15.7. The summed E-state index contributed by atoms with van der Waals surface area (Å²) in [4.78, 5) is 24.5. The fourth-order valence-electron chi connectivity index (χ4n) is 2.53. The molecule has 26 heavy (non-hydrogen) atoms. The topological polar surface area (TPSA) is 78.4 Å². The average Bonchev–Trinajstić information content (AvgIpc) is 2.58. The van der Waals surface area contributed by atoms with Crippen molar-refractivity contribution in [3.05, 3.63) is 64.7 Å². The van der Waals surface area contributed by atoms with E-state index in [2.05, 4.69) is 10.6 Å². The van der Waals surface area contributed by atoms with Gasteiger partial charge in [0.1, 0.15) is 0 Å². The van der Waals surface area contributed by atoms with E-state index in [-0.39, 0.29) is 24.8 Å². The normalized spacial score (nSPS) is 11.1. The van der Waals surface area contributed by atoms with Gasteiger partial charge in [0.25, 0.3) is 5.91 Å². The Kier molecular flexibility index (Phi) is 6.16. The first kappa shape index (κ1) is 19.7. The van der Waals surface area contributed by atoms with Crippen molar-refractivity contribution >= 4 is 17.5 Å². The van der Waals surface area contributed by atoms with Crippen LogP contribution in [0.1, 0.15) is 40.9 Å². The van der Waals surface area contributed by atoms with Crippen LogP contribution in [-0.2, 0) is 11.2 Å². The van der Waals surface area contributed by atoms with Crippen LogP contribution in [0, 0.1) is 13.8 Å². The molecule has 0 aliphatic carbocycles. The Morgan fingerprint density at radius 3 is 2.31 bits per heavy atom. The Morgan fingerprint density at radius 1 is 1.04 bits per heavy atom. The van der Waals surface area contributed by atoms with Crippen LogP contribution in [0.4, 0.5) is 5.69 Å². The first-order valence-corrected chi connectivity index (χ1v) is 8.59. The lowest BCUT2D eigenvalue weighted by atomic mass is 10.0. The smallest absolute Gasteiger partial charge is 0.255 e. The van der Waals surface area contributed by atoms with Crippen LogP contribution >= 0.6 is 0 Å². The molecule has 2 aromatic rings. The highest BCUT2D eigenvalue weighted by Gasteiger charge is 2.19. The van der Waals surface area contributed by atoms with Crippen molar-refractivity contribution in [1.82, 2.24) is 5.32 Å². The van der Waals surface area contributed by atoms with Gasteiger partial charge in [0, 0.05) is 11.3 Å². The number of hydrogen-bond acceptors (Lipinski definition) is 3. The first-order valence-electron chi connectivity index (χ1n) is 8.59. The largest absolute Gasteiger partial charge is 0.394 e. The number of benzene rings is 2. The van der Waals surface area contributed by atoms with Crippen molar-refractivity contribution in [2.45, 2.75) is 39.7 Å². The summed E-state index contributed by atoms with van der Waals surface area (Å²) in [7, 11) is 0. The number of carbonyl (C=O) groups is 2. The Morgan fingerprint density at radius 2 is 1.69 bits per heavy atom. The van der Waals surface area contributed by atoms with Crippen molar-refractivity contribution in [2.24, 2.45) is 0 Å². The molecule has 0 aliphatic heterocycles. The lowest BCUT2D eigenvalue weighted by Crippen LogP contribution is -2.46. The molecular formula is C21H26N2O3. The lowest BCUT2D eigenvalue weighted by Gasteiger charge is -2.23. The Hall–Kier alpha value is -2.66. The minimum Gasteiger partial charge on any atom is -0.394 e. The van der Waals surface area contributed by atoms with Gasteiger partial charge in [-0.05, 0) is 57.0 Å². The van der Waals surface area contributed by atoms with Crippen LogP contribution in [0.25, 0.3) is 0 Å². The third kappa shape index (κ3) is 5.43. The highest BCUT2D eigenvalue weighted by atomic mass is 16.3. The predicted octanol–water partition coefficient (Wildman–Crippen LogP) is 2.99. The van der Waals surface area contributed by atoms with Gasteiger partial charge in [0.15, 0.2) is 0 Å². The van der Waals surface area contributed by atoms with E-state index < -0.39 is 5.54 Å². The maximum atomic E-state index is 12.4. The number of amides is 2. The van der Waals surface area contributed by atoms with Gasteiger partial charge >= 0.3 is 0 Å². The van der Waals surface area contributed by atoms with Crippen LogP contribution in [-0.4, -0.2) is 29.1 Å². The summed E-state index contributed by atoms with van der Waals surface area (Å²) in [5, 5.41) is 14.9. The van der Waals surface area contributed by atoms with Gasteiger partial charge in [-0.25, -0.2) is 0 Å². The summed E-state index contributed by atoms with van der Waals surface area (Å²) < 4.78 is 0. The molecule has 2 aromatic carbocycles. The summed E-state index contributed by atoms with van der Waals surface area (Å²) in [5.74, 6) is -0.308. The van der Waals surface area contributed by atoms with Crippen molar-refractivity contribution in [3.8, 4) is 0 Å². The van der Waals surface area contributed by atoms with Gasteiger partial charge in [0.2, 0.25) is 5.91 Å². The first-order chi connectivity index (χ1) is 12.2. The number of hydrogen-bond donors (Lipinski definition) is 3.